The topological polar surface area (TPSA) is 21.1 Å². The largest absolute Gasteiger partial charge is 0.372 e. The molecule has 0 aliphatic carbocycles. The van der Waals surface area contributed by atoms with Gasteiger partial charge in [0.1, 0.15) is 5.82 Å². The zero-order valence-corrected chi connectivity index (χ0v) is 11.2. The van der Waals surface area contributed by atoms with E-state index in [2.05, 4.69) is 38.7 Å². The van der Waals surface area contributed by atoms with Gasteiger partial charge in [0.2, 0.25) is 0 Å². The van der Waals surface area contributed by atoms with Crippen molar-refractivity contribution in [3.8, 4) is 11.3 Å². The van der Waals surface area contributed by atoms with Gasteiger partial charge in [-0.25, -0.2) is 4.98 Å². The van der Waals surface area contributed by atoms with Crippen molar-refractivity contribution < 1.29 is 0 Å². The van der Waals surface area contributed by atoms with E-state index < -0.39 is 0 Å². The van der Waals surface area contributed by atoms with E-state index in [-0.39, 0.29) is 0 Å². The maximum absolute atomic E-state index is 4.53. The lowest BCUT2D eigenvalue weighted by Gasteiger charge is -2.17. The Labute approximate surface area is 113 Å². The fraction of sp³-hybridized carbons (Fsp3) is 0.438. The molecule has 0 bridgehead atoms. The minimum atomic E-state index is 1.12. The molecule has 19 heavy (non-hydrogen) atoms. The van der Waals surface area contributed by atoms with Crippen LogP contribution in [-0.2, 0) is 13.0 Å². The minimum absolute atomic E-state index is 1.12. The first kappa shape index (κ1) is 11.1. The molecule has 3 heteroatoms. The van der Waals surface area contributed by atoms with E-state index in [0.29, 0.717) is 0 Å². The molecule has 3 nitrogen and oxygen atoms in total. The van der Waals surface area contributed by atoms with Gasteiger partial charge in [-0.2, -0.15) is 0 Å². The standard InChI is InChI=1S/C16H19N3/c1-2-10-18(9-1)14-7-5-13(6-8-14)15-12-17-16-4-3-11-19(15)16/h5-8,12H,1-4,9-11H2. The van der Waals surface area contributed by atoms with Crippen LogP contribution in [-0.4, -0.2) is 22.6 Å². The summed E-state index contributed by atoms with van der Waals surface area (Å²) in [6, 6.07) is 9.01. The Morgan fingerprint density at radius 2 is 1.68 bits per heavy atom. The van der Waals surface area contributed by atoms with Crippen LogP contribution in [0.5, 0.6) is 0 Å². The summed E-state index contributed by atoms with van der Waals surface area (Å²) in [6.45, 7) is 3.54. The second kappa shape index (κ2) is 4.41. The molecule has 98 valence electrons. The zero-order chi connectivity index (χ0) is 12.7. The number of hydrogen-bond acceptors (Lipinski definition) is 2. The van der Waals surface area contributed by atoms with E-state index in [1.165, 1.54) is 55.1 Å². The van der Waals surface area contributed by atoms with Crippen LogP contribution in [0.4, 0.5) is 5.69 Å². The number of rotatable bonds is 2. The maximum atomic E-state index is 4.53. The van der Waals surface area contributed by atoms with Gasteiger partial charge in [-0.1, -0.05) is 12.1 Å². The highest BCUT2D eigenvalue weighted by Crippen LogP contribution is 2.28. The van der Waals surface area contributed by atoms with E-state index in [0.717, 1.165) is 13.0 Å². The highest BCUT2D eigenvalue weighted by Gasteiger charge is 2.17. The maximum Gasteiger partial charge on any atom is 0.109 e. The van der Waals surface area contributed by atoms with Crippen LogP contribution in [0.15, 0.2) is 30.5 Å². The summed E-state index contributed by atoms with van der Waals surface area (Å²) in [4.78, 5) is 7.00. The molecule has 0 atom stereocenters. The summed E-state index contributed by atoms with van der Waals surface area (Å²) in [5.41, 5.74) is 3.94. The fourth-order valence-corrected chi connectivity index (χ4v) is 3.31. The minimum Gasteiger partial charge on any atom is -0.372 e. The number of aromatic nitrogens is 2. The molecule has 2 aromatic rings. The first-order valence-corrected chi connectivity index (χ1v) is 7.31. The summed E-state index contributed by atoms with van der Waals surface area (Å²) < 4.78 is 2.37. The molecule has 0 N–H and O–H groups in total. The third-order valence-electron chi connectivity index (χ3n) is 4.35. The Morgan fingerprint density at radius 3 is 2.47 bits per heavy atom. The van der Waals surface area contributed by atoms with E-state index in [1.54, 1.807) is 0 Å². The summed E-state index contributed by atoms with van der Waals surface area (Å²) in [6.07, 6.45) is 7.06. The van der Waals surface area contributed by atoms with Crippen LogP contribution < -0.4 is 4.90 Å². The van der Waals surface area contributed by atoms with Gasteiger partial charge in [-0.05, 0) is 37.0 Å². The molecule has 1 saturated heterocycles. The van der Waals surface area contributed by atoms with Gasteiger partial charge in [-0.3, -0.25) is 0 Å². The molecule has 1 aromatic carbocycles. The smallest absolute Gasteiger partial charge is 0.109 e. The Morgan fingerprint density at radius 1 is 0.895 bits per heavy atom. The number of aryl methyl sites for hydroxylation is 1. The van der Waals surface area contributed by atoms with Gasteiger partial charge < -0.3 is 9.47 Å². The Balaban J connectivity index is 1.64. The van der Waals surface area contributed by atoms with Crippen molar-refractivity contribution in [2.75, 3.05) is 18.0 Å². The van der Waals surface area contributed by atoms with E-state index in [9.17, 15) is 0 Å². The Kier molecular flexibility index (Phi) is 2.57. The number of hydrogen-bond donors (Lipinski definition) is 0. The molecule has 2 aliphatic heterocycles. The average Bonchev–Trinajstić information content (AvgIpc) is 3.16. The highest BCUT2D eigenvalue weighted by molar-refractivity contribution is 5.63. The first-order chi connectivity index (χ1) is 9.42. The van der Waals surface area contributed by atoms with E-state index in [4.69, 9.17) is 0 Å². The average molecular weight is 253 g/mol. The molecular formula is C16H19N3. The molecule has 0 amide bonds. The number of imidazole rings is 1. The lowest BCUT2D eigenvalue weighted by atomic mass is 10.1. The lowest BCUT2D eigenvalue weighted by molar-refractivity contribution is 0.756. The quantitative estimate of drug-likeness (QED) is 0.820. The summed E-state index contributed by atoms with van der Waals surface area (Å²) >= 11 is 0. The van der Waals surface area contributed by atoms with Crippen molar-refractivity contribution >= 4 is 5.69 Å². The van der Waals surface area contributed by atoms with Crippen LogP contribution >= 0.6 is 0 Å². The summed E-state index contributed by atoms with van der Waals surface area (Å²) in [7, 11) is 0. The molecule has 3 heterocycles. The van der Waals surface area contributed by atoms with Crippen molar-refractivity contribution in [3.63, 3.8) is 0 Å². The normalized spacial score (nSPS) is 18.0. The third-order valence-corrected chi connectivity index (χ3v) is 4.35. The molecule has 0 spiro atoms. The van der Waals surface area contributed by atoms with Crippen LogP contribution in [0.2, 0.25) is 0 Å². The van der Waals surface area contributed by atoms with Gasteiger partial charge in [0.25, 0.3) is 0 Å². The van der Waals surface area contributed by atoms with Gasteiger partial charge in [0.05, 0.1) is 11.9 Å². The summed E-state index contributed by atoms with van der Waals surface area (Å²) in [5, 5.41) is 0. The zero-order valence-electron chi connectivity index (χ0n) is 11.2. The molecule has 1 aromatic heterocycles. The fourth-order valence-electron chi connectivity index (χ4n) is 3.31. The van der Waals surface area contributed by atoms with Gasteiger partial charge >= 0.3 is 0 Å². The molecule has 0 radical (unpaired) electrons. The number of benzene rings is 1. The predicted molar refractivity (Wildman–Crippen MR) is 77.4 cm³/mol. The van der Waals surface area contributed by atoms with E-state index >= 15 is 0 Å². The van der Waals surface area contributed by atoms with Gasteiger partial charge in [-0.15, -0.1) is 0 Å². The molecule has 1 fully saturated rings. The number of anilines is 1. The van der Waals surface area contributed by atoms with Crippen molar-refractivity contribution in [2.45, 2.75) is 32.2 Å². The third kappa shape index (κ3) is 1.84. The van der Waals surface area contributed by atoms with Crippen molar-refractivity contribution in [3.05, 3.63) is 36.3 Å². The molecule has 0 unspecified atom stereocenters. The lowest BCUT2D eigenvalue weighted by Crippen LogP contribution is -2.17. The molecule has 0 saturated carbocycles. The first-order valence-electron chi connectivity index (χ1n) is 7.31. The van der Waals surface area contributed by atoms with Crippen LogP contribution in [0.25, 0.3) is 11.3 Å². The number of fused-ring (bicyclic) bond motifs is 1. The molecule has 4 rings (SSSR count). The van der Waals surface area contributed by atoms with Crippen molar-refractivity contribution in [2.24, 2.45) is 0 Å². The summed E-state index contributed by atoms with van der Waals surface area (Å²) in [5.74, 6) is 1.25. The van der Waals surface area contributed by atoms with Gasteiger partial charge in [0, 0.05) is 31.7 Å². The van der Waals surface area contributed by atoms with Crippen molar-refractivity contribution in [1.29, 1.82) is 0 Å². The van der Waals surface area contributed by atoms with Crippen LogP contribution in [0.1, 0.15) is 25.1 Å². The van der Waals surface area contributed by atoms with Crippen molar-refractivity contribution in [1.82, 2.24) is 9.55 Å². The van der Waals surface area contributed by atoms with Crippen LogP contribution in [0, 0.1) is 0 Å². The second-order valence-electron chi connectivity index (χ2n) is 5.56. The number of nitrogens with zero attached hydrogens (tertiary/aromatic N) is 3. The molecule has 2 aliphatic rings. The van der Waals surface area contributed by atoms with Crippen LogP contribution in [0.3, 0.4) is 0 Å². The predicted octanol–water partition coefficient (Wildman–Crippen LogP) is 3.10. The Hall–Kier alpha value is -1.77. The second-order valence-corrected chi connectivity index (χ2v) is 5.56. The molecular weight excluding hydrogens is 234 g/mol. The SMILES string of the molecule is c1cc(N2CCCC2)ccc1-c1cnc2n1CCC2. The highest BCUT2D eigenvalue weighted by atomic mass is 15.1. The van der Waals surface area contributed by atoms with Gasteiger partial charge in [0.15, 0.2) is 0 Å². The Bertz CT molecular complexity index is 577. The van der Waals surface area contributed by atoms with E-state index in [1.807, 2.05) is 6.20 Å². The monoisotopic (exact) mass is 253 g/mol.